The molecule has 0 bridgehead atoms. The molecule has 0 spiro atoms. The molecular formula is C15H14N2O4. The molecule has 0 unspecified atom stereocenters. The lowest BCUT2D eigenvalue weighted by Gasteiger charge is -2.11. The van der Waals surface area contributed by atoms with Crippen LogP contribution in [-0.2, 0) is 4.74 Å². The number of amides is 2. The fraction of sp³-hybridized carbons (Fsp3) is 0.200. The number of methoxy groups -OCH3 is 1. The Bertz CT molecular complexity index is 742. The molecule has 6 heteroatoms. The number of benzene rings is 2. The van der Waals surface area contributed by atoms with E-state index in [0.29, 0.717) is 34.9 Å². The maximum Gasteiger partial charge on any atom is 0.276 e. The van der Waals surface area contributed by atoms with Crippen LogP contribution in [0.3, 0.4) is 0 Å². The molecule has 21 heavy (non-hydrogen) atoms. The number of ether oxygens (including phenoxy) is 2. The Labute approximate surface area is 121 Å². The molecule has 0 saturated heterocycles. The summed E-state index contributed by atoms with van der Waals surface area (Å²) in [4.78, 5) is 24.1. The van der Waals surface area contributed by atoms with Gasteiger partial charge in [0.2, 0.25) is 0 Å². The van der Waals surface area contributed by atoms with E-state index >= 15 is 0 Å². The van der Waals surface area contributed by atoms with Gasteiger partial charge >= 0.3 is 0 Å². The molecule has 0 aliphatic carbocycles. The number of hydrogen-bond donors (Lipinski definition) is 1. The summed E-state index contributed by atoms with van der Waals surface area (Å²) in [7, 11) is 1.58. The average molecular weight is 286 g/mol. The van der Waals surface area contributed by atoms with Crippen molar-refractivity contribution in [2.75, 3.05) is 20.3 Å². The second kappa shape index (κ2) is 5.16. The third kappa shape index (κ3) is 2.05. The van der Waals surface area contributed by atoms with Gasteiger partial charge < -0.3 is 9.47 Å². The second-order valence-electron chi connectivity index (χ2n) is 4.66. The Morgan fingerprint density at radius 3 is 2.52 bits per heavy atom. The molecule has 1 aliphatic heterocycles. The molecule has 2 aromatic carbocycles. The van der Waals surface area contributed by atoms with E-state index in [1.54, 1.807) is 25.3 Å². The molecule has 2 aromatic rings. The summed E-state index contributed by atoms with van der Waals surface area (Å²) in [6, 6.07) is 8.84. The van der Waals surface area contributed by atoms with Crippen molar-refractivity contribution < 1.29 is 19.1 Å². The summed E-state index contributed by atoms with van der Waals surface area (Å²) in [6.45, 7) is 0.787. The van der Waals surface area contributed by atoms with Crippen LogP contribution in [0.15, 0.2) is 30.3 Å². The maximum absolute atomic E-state index is 12.1. The summed E-state index contributed by atoms with van der Waals surface area (Å²) < 4.78 is 10.6. The molecule has 0 fully saturated rings. The van der Waals surface area contributed by atoms with Crippen LogP contribution in [0.2, 0.25) is 0 Å². The Kier molecular flexibility index (Phi) is 3.32. The molecule has 0 aromatic heterocycles. The number of fused-ring (bicyclic) bond motifs is 3. The zero-order valence-corrected chi connectivity index (χ0v) is 11.5. The fourth-order valence-corrected chi connectivity index (χ4v) is 2.44. The number of rotatable bonds is 4. The number of carbonyl (C=O) groups excluding carboxylic acids is 2. The van der Waals surface area contributed by atoms with Crippen molar-refractivity contribution in [3.8, 4) is 5.75 Å². The fourth-order valence-electron chi connectivity index (χ4n) is 2.44. The molecule has 1 aliphatic rings. The quantitative estimate of drug-likeness (QED) is 0.397. The van der Waals surface area contributed by atoms with Gasteiger partial charge in [-0.15, -0.1) is 0 Å². The van der Waals surface area contributed by atoms with Gasteiger partial charge in [0.25, 0.3) is 11.8 Å². The van der Waals surface area contributed by atoms with E-state index in [2.05, 4.69) is 0 Å². The van der Waals surface area contributed by atoms with E-state index in [9.17, 15) is 9.59 Å². The molecule has 6 nitrogen and oxygen atoms in total. The highest BCUT2D eigenvalue weighted by molar-refractivity contribution is 6.26. The lowest BCUT2D eigenvalue weighted by Crippen LogP contribution is -2.36. The minimum atomic E-state index is -0.516. The standard InChI is InChI=1S/C15H14N2O4/c1-20-6-7-21-12-8-11-13(15(19)17(16)14(11)18)10-5-3-2-4-9(10)12/h2-5,8H,6-7,16H2,1H3. The number of hydrogen-bond acceptors (Lipinski definition) is 5. The smallest absolute Gasteiger partial charge is 0.276 e. The third-order valence-electron chi connectivity index (χ3n) is 3.43. The van der Waals surface area contributed by atoms with Crippen LogP contribution in [-0.4, -0.2) is 37.1 Å². The number of imide groups is 1. The highest BCUT2D eigenvalue weighted by Gasteiger charge is 2.36. The maximum atomic E-state index is 12.1. The highest BCUT2D eigenvalue weighted by Crippen LogP contribution is 2.35. The van der Waals surface area contributed by atoms with Gasteiger partial charge in [-0.3, -0.25) is 9.59 Å². The number of nitrogens with two attached hydrogens (primary N) is 1. The van der Waals surface area contributed by atoms with Gasteiger partial charge in [-0.1, -0.05) is 24.3 Å². The van der Waals surface area contributed by atoms with Crippen molar-refractivity contribution in [3.05, 3.63) is 41.5 Å². The molecule has 2 amide bonds. The largest absolute Gasteiger partial charge is 0.491 e. The van der Waals surface area contributed by atoms with E-state index < -0.39 is 11.8 Å². The van der Waals surface area contributed by atoms with E-state index in [1.165, 1.54) is 0 Å². The number of nitrogens with zero attached hydrogens (tertiary/aromatic N) is 1. The summed E-state index contributed by atoms with van der Waals surface area (Å²) >= 11 is 0. The lowest BCUT2D eigenvalue weighted by molar-refractivity contribution is 0.0654. The summed E-state index contributed by atoms with van der Waals surface area (Å²) in [5.74, 6) is 5.04. The highest BCUT2D eigenvalue weighted by atomic mass is 16.5. The van der Waals surface area contributed by atoms with Gasteiger partial charge in [0.1, 0.15) is 12.4 Å². The predicted octanol–water partition coefficient (Wildman–Crippen LogP) is 1.33. The van der Waals surface area contributed by atoms with Gasteiger partial charge in [-0.05, 0) is 11.5 Å². The third-order valence-corrected chi connectivity index (χ3v) is 3.43. The minimum Gasteiger partial charge on any atom is -0.491 e. The van der Waals surface area contributed by atoms with Crippen molar-refractivity contribution in [2.45, 2.75) is 0 Å². The van der Waals surface area contributed by atoms with Crippen molar-refractivity contribution in [1.29, 1.82) is 0 Å². The summed E-state index contributed by atoms with van der Waals surface area (Å²) in [5, 5.41) is 2.06. The van der Waals surface area contributed by atoms with Gasteiger partial charge in [-0.2, -0.15) is 0 Å². The first kappa shape index (κ1) is 13.5. The van der Waals surface area contributed by atoms with Crippen molar-refractivity contribution in [3.63, 3.8) is 0 Å². The molecular weight excluding hydrogens is 272 g/mol. The zero-order chi connectivity index (χ0) is 15.0. The topological polar surface area (TPSA) is 81.9 Å². The Morgan fingerprint density at radius 2 is 1.81 bits per heavy atom. The SMILES string of the molecule is COCCOc1cc2c(c3ccccc13)C(=O)N(N)C2=O. The predicted molar refractivity (Wildman–Crippen MR) is 76.0 cm³/mol. The van der Waals surface area contributed by atoms with E-state index in [-0.39, 0.29) is 5.56 Å². The van der Waals surface area contributed by atoms with Crippen molar-refractivity contribution in [2.24, 2.45) is 5.84 Å². The zero-order valence-electron chi connectivity index (χ0n) is 11.5. The van der Waals surface area contributed by atoms with Crippen LogP contribution in [0, 0.1) is 0 Å². The van der Waals surface area contributed by atoms with Gasteiger partial charge in [-0.25, -0.2) is 10.9 Å². The molecule has 0 saturated carbocycles. The van der Waals surface area contributed by atoms with Crippen LogP contribution < -0.4 is 10.6 Å². The van der Waals surface area contributed by atoms with Crippen LogP contribution in [0.25, 0.3) is 10.8 Å². The summed E-state index contributed by atoms with van der Waals surface area (Å²) in [5.41, 5.74) is 0.603. The van der Waals surface area contributed by atoms with Gasteiger partial charge in [0.15, 0.2) is 0 Å². The van der Waals surface area contributed by atoms with Crippen LogP contribution in [0.5, 0.6) is 5.75 Å². The Balaban J connectivity index is 2.19. The van der Waals surface area contributed by atoms with Crippen molar-refractivity contribution in [1.82, 2.24) is 5.01 Å². The molecule has 0 atom stereocenters. The monoisotopic (exact) mass is 286 g/mol. The molecule has 3 rings (SSSR count). The van der Waals surface area contributed by atoms with Gasteiger partial charge in [0.05, 0.1) is 17.7 Å². The molecule has 2 N–H and O–H groups in total. The first-order valence-electron chi connectivity index (χ1n) is 6.46. The molecule has 1 heterocycles. The van der Waals surface area contributed by atoms with Gasteiger partial charge in [0, 0.05) is 12.5 Å². The van der Waals surface area contributed by atoms with E-state index in [1.807, 2.05) is 12.1 Å². The van der Waals surface area contributed by atoms with Crippen LogP contribution in [0.4, 0.5) is 0 Å². The first-order chi connectivity index (χ1) is 10.1. The Morgan fingerprint density at radius 1 is 1.10 bits per heavy atom. The average Bonchev–Trinajstić information content (AvgIpc) is 2.72. The summed E-state index contributed by atoms with van der Waals surface area (Å²) in [6.07, 6.45) is 0. The second-order valence-corrected chi connectivity index (χ2v) is 4.66. The Hall–Kier alpha value is -2.44. The molecule has 0 radical (unpaired) electrons. The normalized spacial score (nSPS) is 13.9. The lowest BCUT2D eigenvalue weighted by atomic mass is 9.99. The van der Waals surface area contributed by atoms with Crippen LogP contribution >= 0.6 is 0 Å². The van der Waals surface area contributed by atoms with E-state index in [4.69, 9.17) is 15.3 Å². The number of carbonyl (C=O) groups is 2. The van der Waals surface area contributed by atoms with E-state index in [0.717, 1.165) is 5.39 Å². The van der Waals surface area contributed by atoms with Crippen LogP contribution in [0.1, 0.15) is 20.7 Å². The first-order valence-corrected chi connectivity index (χ1v) is 6.46. The molecule has 108 valence electrons. The van der Waals surface area contributed by atoms with Crippen molar-refractivity contribution >= 4 is 22.6 Å². The minimum absolute atomic E-state index is 0.272. The number of hydrazine groups is 1.